The fourth-order valence-electron chi connectivity index (χ4n) is 2.63. The number of hydrogen-bond acceptors (Lipinski definition) is 2. The first-order valence-corrected chi connectivity index (χ1v) is 6.28. The van der Waals surface area contributed by atoms with Crippen LogP contribution in [0.15, 0.2) is 18.2 Å². The molecule has 1 aliphatic rings. The molecule has 0 aliphatic heterocycles. The first kappa shape index (κ1) is 13.4. The molecule has 1 aliphatic carbocycles. The number of halogens is 2. The summed E-state index contributed by atoms with van der Waals surface area (Å²) in [6.07, 6.45) is 3.62. The summed E-state index contributed by atoms with van der Waals surface area (Å²) in [6.45, 7) is 0. The van der Waals surface area contributed by atoms with E-state index in [-0.39, 0.29) is 17.2 Å². The predicted octanol–water partition coefficient (Wildman–Crippen LogP) is 3.18. The van der Waals surface area contributed by atoms with Gasteiger partial charge in [0, 0.05) is 18.7 Å². The van der Waals surface area contributed by atoms with E-state index in [0.717, 1.165) is 19.3 Å². The maximum Gasteiger partial charge on any atom is 0.130 e. The average molecular weight is 255 g/mol. The molecule has 0 spiro atoms. The summed E-state index contributed by atoms with van der Waals surface area (Å²) in [6, 6.07) is 3.62. The lowest BCUT2D eigenvalue weighted by Crippen LogP contribution is -2.42. The summed E-state index contributed by atoms with van der Waals surface area (Å²) in [7, 11) is 3.39. The van der Waals surface area contributed by atoms with Gasteiger partial charge in [-0.2, -0.15) is 0 Å². The lowest BCUT2D eigenvalue weighted by atomic mass is 9.74. The van der Waals surface area contributed by atoms with E-state index in [2.05, 4.69) is 5.32 Å². The lowest BCUT2D eigenvalue weighted by molar-refractivity contribution is -0.0837. The molecular formula is C14H19F2NO. The fourth-order valence-corrected chi connectivity index (χ4v) is 2.63. The molecule has 0 heterocycles. The van der Waals surface area contributed by atoms with Gasteiger partial charge in [-0.25, -0.2) is 8.78 Å². The first-order chi connectivity index (χ1) is 8.62. The summed E-state index contributed by atoms with van der Waals surface area (Å²) in [5.74, 6) is -1.00. The van der Waals surface area contributed by atoms with Gasteiger partial charge in [0.15, 0.2) is 0 Å². The van der Waals surface area contributed by atoms with Crippen molar-refractivity contribution in [3.05, 3.63) is 35.4 Å². The van der Waals surface area contributed by atoms with Gasteiger partial charge in [-0.3, -0.25) is 0 Å². The smallest absolute Gasteiger partial charge is 0.130 e. The standard InChI is InChI=1S/C14H19F2NO/c1-17-12(9-14(18-2)7-4-8-14)13-10(15)5-3-6-11(13)16/h3,5-6,12,17H,4,7-9H2,1-2H3. The van der Waals surface area contributed by atoms with Crippen LogP contribution >= 0.6 is 0 Å². The Labute approximate surface area is 106 Å². The molecule has 1 unspecified atom stereocenters. The third-order valence-electron chi connectivity index (χ3n) is 3.97. The molecule has 2 nitrogen and oxygen atoms in total. The van der Waals surface area contributed by atoms with Crippen LogP contribution in [0.2, 0.25) is 0 Å². The van der Waals surface area contributed by atoms with E-state index in [9.17, 15) is 8.78 Å². The van der Waals surface area contributed by atoms with Crippen LogP contribution in [0.3, 0.4) is 0 Å². The van der Waals surface area contributed by atoms with Gasteiger partial charge in [-0.15, -0.1) is 0 Å². The highest BCUT2D eigenvalue weighted by Crippen LogP contribution is 2.42. The van der Waals surface area contributed by atoms with Crippen molar-refractivity contribution in [3.8, 4) is 0 Å². The maximum absolute atomic E-state index is 13.8. The van der Waals surface area contributed by atoms with Crippen LogP contribution in [0, 0.1) is 11.6 Å². The van der Waals surface area contributed by atoms with E-state index in [1.807, 2.05) is 0 Å². The molecule has 1 saturated carbocycles. The largest absolute Gasteiger partial charge is 0.378 e. The number of methoxy groups -OCH3 is 1. The van der Waals surface area contributed by atoms with E-state index in [1.54, 1.807) is 14.2 Å². The van der Waals surface area contributed by atoms with Gasteiger partial charge in [0.05, 0.1) is 5.60 Å². The second-order valence-corrected chi connectivity index (χ2v) is 4.92. The Kier molecular flexibility index (Phi) is 3.97. The van der Waals surface area contributed by atoms with Crippen LogP contribution < -0.4 is 5.32 Å². The van der Waals surface area contributed by atoms with Crippen LogP contribution in [-0.2, 0) is 4.74 Å². The zero-order valence-corrected chi connectivity index (χ0v) is 10.8. The van der Waals surface area contributed by atoms with Crippen LogP contribution in [-0.4, -0.2) is 19.8 Å². The van der Waals surface area contributed by atoms with Gasteiger partial charge < -0.3 is 10.1 Å². The molecule has 100 valence electrons. The summed E-state index contributed by atoms with van der Waals surface area (Å²) >= 11 is 0. The Morgan fingerprint density at radius 3 is 2.33 bits per heavy atom. The number of benzene rings is 1. The number of rotatable bonds is 5. The van der Waals surface area contributed by atoms with Crippen LogP contribution in [0.5, 0.6) is 0 Å². The zero-order valence-electron chi connectivity index (χ0n) is 10.8. The van der Waals surface area contributed by atoms with Crippen molar-refractivity contribution >= 4 is 0 Å². The third kappa shape index (κ3) is 2.40. The predicted molar refractivity (Wildman–Crippen MR) is 66.4 cm³/mol. The Bertz CT molecular complexity index is 392. The van der Waals surface area contributed by atoms with E-state index in [4.69, 9.17) is 4.74 Å². The summed E-state index contributed by atoms with van der Waals surface area (Å²) in [5.41, 5.74) is -0.106. The minimum absolute atomic E-state index is 0.114. The van der Waals surface area contributed by atoms with E-state index >= 15 is 0 Å². The Hall–Kier alpha value is -1.00. The second-order valence-electron chi connectivity index (χ2n) is 4.92. The molecule has 0 bridgehead atoms. The molecule has 0 radical (unpaired) electrons. The molecule has 1 fully saturated rings. The SMILES string of the molecule is CNC(CC1(OC)CCC1)c1c(F)cccc1F. The van der Waals surface area contributed by atoms with Crippen molar-refractivity contribution in [2.75, 3.05) is 14.2 Å². The monoisotopic (exact) mass is 255 g/mol. The maximum atomic E-state index is 13.8. The van der Waals surface area contributed by atoms with E-state index in [1.165, 1.54) is 18.2 Å². The van der Waals surface area contributed by atoms with Gasteiger partial charge in [0.2, 0.25) is 0 Å². The van der Waals surface area contributed by atoms with Crippen molar-refractivity contribution in [2.45, 2.75) is 37.3 Å². The minimum atomic E-state index is -0.500. The number of ether oxygens (including phenoxy) is 1. The van der Waals surface area contributed by atoms with E-state index in [0.29, 0.717) is 6.42 Å². The topological polar surface area (TPSA) is 21.3 Å². The highest BCUT2D eigenvalue weighted by atomic mass is 19.1. The van der Waals surface area contributed by atoms with Gasteiger partial charge in [0.25, 0.3) is 0 Å². The van der Waals surface area contributed by atoms with Crippen molar-refractivity contribution in [3.63, 3.8) is 0 Å². The van der Waals surface area contributed by atoms with Crippen LogP contribution in [0.4, 0.5) is 8.78 Å². The molecule has 18 heavy (non-hydrogen) atoms. The Morgan fingerprint density at radius 2 is 1.94 bits per heavy atom. The lowest BCUT2D eigenvalue weighted by Gasteiger charge is -2.42. The van der Waals surface area contributed by atoms with Crippen molar-refractivity contribution in [1.29, 1.82) is 0 Å². The minimum Gasteiger partial charge on any atom is -0.378 e. The molecule has 1 N–H and O–H groups in total. The van der Waals surface area contributed by atoms with E-state index < -0.39 is 11.6 Å². The Balaban J connectivity index is 2.23. The zero-order chi connectivity index (χ0) is 13.2. The molecule has 0 amide bonds. The van der Waals surface area contributed by atoms with Gasteiger partial charge >= 0.3 is 0 Å². The van der Waals surface area contributed by atoms with Gasteiger partial charge in [-0.1, -0.05) is 6.07 Å². The van der Waals surface area contributed by atoms with Crippen molar-refractivity contribution in [1.82, 2.24) is 5.32 Å². The molecule has 1 atom stereocenters. The Morgan fingerprint density at radius 1 is 1.33 bits per heavy atom. The highest BCUT2D eigenvalue weighted by Gasteiger charge is 2.40. The van der Waals surface area contributed by atoms with Gasteiger partial charge in [0.1, 0.15) is 11.6 Å². The summed E-state index contributed by atoms with van der Waals surface area (Å²) < 4.78 is 33.1. The quantitative estimate of drug-likeness (QED) is 0.872. The fraction of sp³-hybridized carbons (Fsp3) is 0.571. The first-order valence-electron chi connectivity index (χ1n) is 6.28. The second kappa shape index (κ2) is 5.33. The van der Waals surface area contributed by atoms with Crippen LogP contribution in [0.25, 0.3) is 0 Å². The molecule has 0 aromatic heterocycles. The molecule has 1 aromatic rings. The summed E-state index contributed by atoms with van der Waals surface area (Å²) in [4.78, 5) is 0. The van der Waals surface area contributed by atoms with Crippen molar-refractivity contribution in [2.24, 2.45) is 0 Å². The third-order valence-corrected chi connectivity index (χ3v) is 3.97. The molecule has 4 heteroatoms. The molecule has 2 rings (SSSR count). The molecular weight excluding hydrogens is 236 g/mol. The molecule has 1 aromatic carbocycles. The van der Waals surface area contributed by atoms with Crippen molar-refractivity contribution < 1.29 is 13.5 Å². The normalized spacial score (nSPS) is 19.3. The summed E-state index contributed by atoms with van der Waals surface area (Å²) in [5, 5.41) is 3.00. The molecule has 0 saturated heterocycles. The number of hydrogen-bond donors (Lipinski definition) is 1. The van der Waals surface area contributed by atoms with Crippen LogP contribution in [0.1, 0.15) is 37.3 Å². The highest BCUT2D eigenvalue weighted by molar-refractivity contribution is 5.24. The number of nitrogens with one attached hydrogen (secondary N) is 1. The van der Waals surface area contributed by atoms with Gasteiger partial charge in [-0.05, 0) is 44.9 Å². The average Bonchev–Trinajstić information content (AvgIpc) is 2.31.